The summed E-state index contributed by atoms with van der Waals surface area (Å²) in [5.41, 5.74) is 10.1. The zero-order chi connectivity index (χ0) is 37.0. The van der Waals surface area contributed by atoms with Crippen molar-refractivity contribution in [2.24, 2.45) is 7.05 Å². The number of ether oxygens (including phenoxy) is 2. The smallest absolute Gasteiger partial charge is 0.387 e. The lowest BCUT2D eigenvalue weighted by atomic mass is 10.1. The van der Waals surface area contributed by atoms with Crippen LogP contribution in [0.1, 0.15) is 12.5 Å². The van der Waals surface area contributed by atoms with Crippen molar-refractivity contribution in [1.82, 2.24) is 34.1 Å². The van der Waals surface area contributed by atoms with Crippen LogP contribution in [0.15, 0.2) is 22.2 Å². The molecule has 26 nitrogen and oxygen atoms in total. The Balaban J connectivity index is 1.03. The summed E-state index contributed by atoms with van der Waals surface area (Å²) in [4.78, 5) is 71.0. The van der Waals surface area contributed by atoms with Crippen LogP contribution in [0.25, 0.3) is 22.3 Å². The molecule has 9 atom stereocenters. The van der Waals surface area contributed by atoms with Crippen molar-refractivity contribution in [1.29, 1.82) is 0 Å². The van der Waals surface area contributed by atoms with Gasteiger partial charge >= 0.3 is 29.1 Å². The molecule has 0 radical (unpaired) electrons. The molecular formula is C21H30N10O16P3S+. The number of imidazole rings is 2. The molecule has 280 valence electrons. The summed E-state index contributed by atoms with van der Waals surface area (Å²) in [5.74, 6) is 0.172. The van der Waals surface area contributed by atoms with Crippen molar-refractivity contribution in [3.8, 4) is 0 Å². The number of hydrogen-bond donors (Lipinski definition) is 9. The van der Waals surface area contributed by atoms with Crippen LogP contribution in [0.4, 0.5) is 11.9 Å². The number of aryl methyl sites for hydroxylation is 1. The Kier molecular flexibility index (Phi) is 10.4. The van der Waals surface area contributed by atoms with Gasteiger partial charge < -0.3 is 45.8 Å². The molecule has 0 aromatic carbocycles. The van der Waals surface area contributed by atoms with Gasteiger partial charge in [-0.3, -0.25) is 37.7 Å². The number of thioether (sulfide) groups is 1. The molecule has 6 rings (SSSR count). The van der Waals surface area contributed by atoms with Crippen LogP contribution in [-0.2, 0) is 47.9 Å². The number of aromatic amines is 2. The normalized spacial score (nSPS) is 27.7. The molecule has 11 N–H and O–H groups in total. The maximum Gasteiger partial charge on any atom is 0.490 e. The second kappa shape index (κ2) is 14.0. The molecule has 2 fully saturated rings. The standard InChI is InChI=1S/C21H29N10O16P3S/c1-29-7-31(16-12(29)18(35)28-21(23)26-16)10-5-51-4-8(44-10)2-42-48(36,37)46-50(40,41)47-49(38,39)43-3-9-13(32)14(33)19(45-9)30-6-24-11-15(30)25-20(22)27-17(11)34/h6-10,13-14,19,32-33H,2-5H2,1H3,(H8-,22,23,25,26,27,28,34,35,36,37,38,39,40,41)/p+1/t8-,9-,10?,13-,14-,19?/m1/s1. The predicted molar refractivity (Wildman–Crippen MR) is 169 cm³/mol. The topological polar surface area (TPSA) is 378 Å². The van der Waals surface area contributed by atoms with E-state index in [0.717, 1.165) is 10.9 Å². The minimum absolute atomic E-state index is 0.128. The molecule has 0 spiro atoms. The lowest BCUT2D eigenvalue weighted by Crippen LogP contribution is -2.47. The van der Waals surface area contributed by atoms with Gasteiger partial charge in [-0.15, -0.1) is 0 Å². The number of phosphoric acid groups is 3. The fourth-order valence-corrected chi connectivity index (χ4v) is 9.76. The summed E-state index contributed by atoms with van der Waals surface area (Å²) >= 11 is 1.34. The lowest BCUT2D eigenvalue weighted by Gasteiger charge is -2.28. The third-order valence-electron chi connectivity index (χ3n) is 7.31. The summed E-state index contributed by atoms with van der Waals surface area (Å²) in [6, 6.07) is 0. The Morgan fingerprint density at radius 2 is 1.61 bits per heavy atom. The zero-order valence-corrected chi connectivity index (χ0v) is 29.3. The van der Waals surface area contributed by atoms with Crippen molar-refractivity contribution in [2.45, 2.75) is 36.9 Å². The minimum Gasteiger partial charge on any atom is -0.387 e. The van der Waals surface area contributed by atoms with E-state index in [9.17, 15) is 48.2 Å². The molecule has 6 heterocycles. The molecule has 5 unspecified atom stereocenters. The number of rotatable bonds is 12. The van der Waals surface area contributed by atoms with Gasteiger partial charge in [0.05, 0.1) is 38.4 Å². The first-order valence-electron chi connectivity index (χ1n) is 14.3. The average Bonchev–Trinajstić information content (AvgIpc) is 3.67. The fraction of sp³-hybridized carbons (Fsp3) is 0.524. The molecule has 51 heavy (non-hydrogen) atoms. The van der Waals surface area contributed by atoms with Crippen molar-refractivity contribution in [3.05, 3.63) is 33.4 Å². The molecule has 4 aromatic rings. The number of nitrogens with two attached hydrogens (primary N) is 2. The highest BCUT2D eigenvalue weighted by Crippen LogP contribution is 2.67. The Morgan fingerprint density at radius 1 is 0.961 bits per heavy atom. The predicted octanol–water partition coefficient (Wildman–Crippen LogP) is -2.54. The molecule has 2 aliphatic rings. The van der Waals surface area contributed by atoms with Crippen LogP contribution in [0.3, 0.4) is 0 Å². The molecule has 0 aliphatic carbocycles. The van der Waals surface area contributed by atoms with E-state index in [0.29, 0.717) is 5.75 Å². The van der Waals surface area contributed by atoms with Gasteiger partial charge in [0, 0.05) is 5.75 Å². The largest absolute Gasteiger partial charge is 0.490 e. The third kappa shape index (κ3) is 8.12. The van der Waals surface area contributed by atoms with Gasteiger partial charge in [-0.1, -0.05) is 4.98 Å². The first kappa shape index (κ1) is 37.7. The first-order valence-corrected chi connectivity index (χ1v) is 19.9. The Hall–Kier alpha value is -3.10. The second-order valence-electron chi connectivity index (χ2n) is 11.0. The van der Waals surface area contributed by atoms with Crippen LogP contribution in [0.2, 0.25) is 0 Å². The summed E-state index contributed by atoms with van der Waals surface area (Å²) < 4.78 is 70.6. The molecule has 2 aliphatic heterocycles. The van der Waals surface area contributed by atoms with E-state index in [-0.39, 0.29) is 40.0 Å². The average molecular weight is 804 g/mol. The highest BCUT2D eigenvalue weighted by Gasteiger charge is 2.47. The van der Waals surface area contributed by atoms with Gasteiger partial charge in [0.2, 0.25) is 11.5 Å². The molecule has 0 amide bonds. The number of aliphatic hydroxyl groups is 2. The number of fused-ring (bicyclic) bond motifs is 2. The molecule has 0 bridgehead atoms. The van der Waals surface area contributed by atoms with Gasteiger partial charge in [-0.05, 0) is 0 Å². The number of aromatic nitrogens is 8. The molecule has 4 aromatic heterocycles. The van der Waals surface area contributed by atoms with Crippen LogP contribution in [0.5, 0.6) is 0 Å². The van der Waals surface area contributed by atoms with E-state index in [2.05, 4.69) is 38.1 Å². The summed E-state index contributed by atoms with van der Waals surface area (Å²) in [6.07, 6.45) is -5.61. The Bertz CT molecular complexity index is 2230. The van der Waals surface area contributed by atoms with E-state index in [1.165, 1.54) is 27.2 Å². The van der Waals surface area contributed by atoms with Gasteiger partial charge in [0.15, 0.2) is 29.9 Å². The van der Waals surface area contributed by atoms with Gasteiger partial charge in [0.25, 0.3) is 17.1 Å². The third-order valence-corrected chi connectivity index (χ3v) is 12.7. The van der Waals surface area contributed by atoms with Gasteiger partial charge in [-0.25, -0.2) is 23.2 Å². The number of nitrogens with zero attached hydrogens (tertiary/aromatic N) is 6. The maximum atomic E-state index is 12.5. The van der Waals surface area contributed by atoms with E-state index >= 15 is 0 Å². The summed E-state index contributed by atoms with van der Waals surface area (Å²) in [7, 11) is -15.4. The molecule has 0 saturated carbocycles. The Labute approximate surface area is 287 Å². The van der Waals surface area contributed by atoms with Crippen LogP contribution < -0.4 is 27.2 Å². The number of anilines is 2. The number of aliphatic hydroxyl groups excluding tert-OH is 2. The van der Waals surface area contributed by atoms with Crippen LogP contribution in [-0.4, -0.2) is 108 Å². The first-order chi connectivity index (χ1) is 23.8. The van der Waals surface area contributed by atoms with E-state index in [1.807, 2.05) is 0 Å². The molecular weight excluding hydrogens is 773 g/mol. The van der Waals surface area contributed by atoms with E-state index < -0.39 is 84.7 Å². The molecule has 2 saturated heterocycles. The zero-order valence-electron chi connectivity index (χ0n) is 25.8. The Morgan fingerprint density at radius 3 is 2.31 bits per heavy atom. The highest BCUT2D eigenvalue weighted by atomic mass is 32.2. The van der Waals surface area contributed by atoms with E-state index in [1.54, 1.807) is 7.05 Å². The fourth-order valence-electron chi connectivity index (χ4n) is 5.21. The summed E-state index contributed by atoms with van der Waals surface area (Å²) in [5, 5.41) is 21.0. The number of phosphoric ester groups is 2. The highest BCUT2D eigenvalue weighted by molar-refractivity contribution is 7.99. The van der Waals surface area contributed by atoms with Crippen molar-refractivity contribution in [2.75, 3.05) is 36.2 Å². The number of hydrogen-bond acceptors (Lipinski definition) is 19. The number of nitrogens with one attached hydrogen (secondary N) is 2. The van der Waals surface area contributed by atoms with Crippen molar-refractivity contribution in [3.63, 3.8) is 0 Å². The van der Waals surface area contributed by atoms with Crippen molar-refractivity contribution < 1.29 is 70.3 Å². The van der Waals surface area contributed by atoms with Gasteiger partial charge in [0.1, 0.15) is 18.3 Å². The van der Waals surface area contributed by atoms with E-state index in [4.69, 9.17) is 25.5 Å². The van der Waals surface area contributed by atoms with Crippen molar-refractivity contribution >= 4 is 69.5 Å². The quantitative estimate of drug-likeness (QED) is 0.0526. The van der Waals surface area contributed by atoms with Crippen LogP contribution in [0, 0.1) is 0 Å². The minimum atomic E-state index is -5.88. The summed E-state index contributed by atoms with van der Waals surface area (Å²) in [6.45, 7) is -1.71. The second-order valence-corrected chi connectivity index (χ2v) is 16.7. The lowest BCUT2D eigenvalue weighted by molar-refractivity contribution is -0.739. The van der Waals surface area contributed by atoms with Gasteiger partial charge in [-0.2, -0.15) is 25.4 Å². The maximum absolute atomic E-state index is 12.5. The molecule has 30 heteroatoms. The SMILES string of the molecule is Cn1c[n+](C2CSC[C@@H](COP(=O)(O)OP(=O)(O)OP(=O)(O)OC[C@H]3OC(n4cnc5c(=O)[nH]c(N)nc54)[C@H](O)[C@@H]3O)O2)c2nc(N)[nH]c(=O)c21. The number of H-pyrrole nitrogens is 2. The number of nitrogen functional groups attached to an aromatic ring is 2. The monoisotopic (exact) mass is 803 g/mol. The van der Waals surface area contributed by atoms with Crippen LogP contribution >= 0.6 is 35.2 Å².